The molecule has 0 aliphatic rings. The van der Waals surface area contributed by atoms with E-state index >= 15 is 0 Å². The molecule has 1 heterocycles. The van der Waals surface area contributed by atoms with Gasteiger partial charge in [-0.25, -0.2) is 8.78 Å². The third kappa shape index (κ3) is 2.22. The smallest absolute Gasteiger partial charge is 0.247 e. The first kappa shape index (κ1) is 10.7. The molecule has 1 aromatic heterocycles. The molecule has 0 saturated carbocycles. The van der Waals surface area contributed by atoms with Crippen LogP contribution in [-0.2, 0) is 6.42 Å². The maximum Gasteiger partial charge on any atom is 0.247 e. The van der Waals surface area contributed by atoms with Crippen molar-refractivity contribution < 1.29 is 13.2 Å². The summed E-state index contributed by atoms with van der Waals surface area (Å²) in [5.74, 6) is -0.939. The molecule has 2 N–H and O–H groups in total. The van der Waals surface area contributed by atoms with E-state index in [0.29, 0.717) is 18.9 Å². The van der Waals surface area contributed by atoms with Gasteiger partial charge in [-0.2, -0.15) is 0 Å². The summed E-state index contributed by atoms with van der Waals surface area (Å²) in [7, 11) is 0. The Morgan fingerprint density at radius 1 is 1.12 bits per heavy atom. The van der Waals surface area contributed by atoms with Crippen LogP contribution in [0.1, 0.15) is 5.89 Å². The van der Waals surface area contributed by atoms with Gasteiger partial charge in [0, 0.05) is 24.6 Å². The lowest BCUT2D eigenvalue weighted by molar-refractivity contribution is 0.505. The van der Waals surface area contributed by atoms with Crippen LogP contribution in [0.15, 0.2) is 22.6 Å². The van der Waals surface area contributed by atoms with Gasteiger partial charge in [-0.05, 0) is 12.1 Å². The quantitative estimate of drug-likeness (QED) is 0.860. The molecule has 0 fully saturated rings. The molecule has 84 valence electrons. The molecule has 0 unspecified atom stereocenters. The van der Waals surface area contributed by atoms with Crippen molar-refractivity contribution in [3.05, 3.63) is 35.7 Å². The average Bonchev–Trinajstić information content (AvgIpc) is 2.65. The minimum Gasteiger partial charge on any atom is -0.421 e. The Labute approximate surface area is 90.1 Å². The second-order valence-corrected chi connectivity index (χ2v) is 3.20. The fourth-order valence-electron chi connectivity index (χ4n) is 1.27. The van der Waals surface area contributed by atoms with Gasteiger partial charge in [-0.1, -0.05) is 0 Å². The second kappa shape index (κ2) is 4.36. The van der Waals surface area contributed by atoms with E-state index in [4.69, 9.17) is 10.2 Å². The molecular formula is C10H9F2N3O. The molecule has 0 radical (unpaired) electrons. The summed E-state index contributed by atoms with van der Waals surface area (Å²) >= 11 is 0. The summed E-state index contributed by atoms with van der Waals surface area (Å²) in [6, 6.07) is 3.03. The van der Waals surface area contributed by atoms with Crippen molar-refractivity contribution in [1.29, 1.82) is 0 Å². The Balaban J connectivity index is 2.34. The molecule has 0 atom stereocenters. The lowest BCUT2D eigenvalue weighted by atomic mass is 10.2. The number of benzene rings is 1. The molecule has 0 aliphatic carbocycles. The largest absolute Gasteiger partial charge is 0.421 e. The molecule has 16 heavy (non-hydrogen) atoms. The van der Waals surface area contributed by atoms with Gasteiger partial charge in [0.05, 0.1) is 0 Å². The monoisotopic (exact) mass is 225 g/mol. The normalized spacial score (nSPS) is 10.7. The van der Waals surface area contributed by atoms with E-state index in [0.717, 1.165) is 18.2 Å². The van der Waals surface area contributed by atoms with Gasteiger partial charge in [0.2, 0.25) is 11.8 Å². The van der Waals surface area contributed by atoms with Crippen molar-refractivity contribution in [3.63, 3.8) is 0 Å². The summed E-state index contributed by atoms with van der Waals surface area (Å²) < 4.78 is 31.0. The number of halogens is 2. The topological polar surface area (TPSA) is 64.9 Å². The first-order valence-corrected chi connectivity index (χ1v) is 4.68. The molecule has 2 rings (SSSR count). The Kier molecular flexibility index (Phi) is 2.91. The van der Waals surface area contributed by atoms with Crippen molar-refractivity contribution in [2.24, 2.45) is 5.73 Å². The fourth-order valence-corrected chi connectivity index (χ4v) is 1.27. The predicted octanol–water partition coefficient (Wildman–Crippen LogP) is 1.52. The Hall–Kier alpha value is -1.82. The maximum atomic E-state index is 12.9. The zero-order valence-corrected chi connectivity index (χ0v) is 8.28. The minimum atomic E-state index is -0.687. The van der Waals surface area contributed by atoms with Gasteiger partial charge in [-0.3, -0.25) is 0 Å². The van der Waals surface area contributed by atoms with E-state index in [1.165, 1.54) is 0 Å². The second-order valence-electron chi connectivity index (χ2n) is 3.20. The standard InChI is InChI=1S/C10H9F2N3O/c11-7-3-6(4-8(12)5-7)10-15-14-9(16-10)1-2-13/h3-5H,1-2,13H2. The first-order chi connectivity index (χ1) is 7.69. The van der Waals surface area contributed by atoms with Crippen molar-refractivity contribution in [2.75, 3.05) is 6.54 Å². The molecule has 6 heteroatoms. The van der Waals surface area contributed by atoms with Crippen LogP contribution in [0.2, 0.25) is 0 Å². The molecule has 0 bridgehead atoms. The maximum absolute atomic E-state index is 12.9. The number of nitrogens with two attached hydrogens (primary N) is 1. The van der Waals surface area contributed by atoms with Gasteiger partial charge >= 0.3 is 0 Å². The van der Waals surface area contributed by atoms with Crippen LogP contribution in [0.25, 0.3) is 11.5 Å². The average molecular weight is 225 g/mol. The third-order valence-electron chi connectivity index (χ3n) is 1.93. The molecule has 0 saturated heterocycles. The van der Waals surface area contributed by atoms with Crippen molar-refractivity contribution >= 4 is 0 Å². The highest BCUT2D eigenvalue weighted by molar-refractivity contribution is 5.52. The fraction of sp³-hybridized carbons (Fsp3) is 0.200. The Bertz CT molecular complexity index is 478. The van der Waals surface area contributed by atoms with Crippen LogP contribution >= 0.6 is 0 Å². The van der Waals surface area contributed by atoms with Crippen molar-refractivity contribution in [3.8, 4) is 11.5 Å². The number of aromatic nitrogens is 2. The first-order valence-electron chi connectivity index (χ1n) is 4.68. The van der Waals surface area contributed by atoms with E-state index < -0.39 is 11.6 Å². The van der Waals surface area contributed by atoms with E-state index in [2.05, 4.69) is 10.2 Å². The van der Waals surface area contributed by atoms with E-state index in [-0.39, 0.29) is 11.5 Å². The van der Waals surface area contributed by atoms with Crippen molar-refractivity contribution in [1.82, 2.24) is 10.2 Å². The van der Waals surface area contributed by atoms with Gasteiger partial charge in [0.15, 0.2) is 0 Å². The Morgan fingerprint density at radius 3 is 2.44 bits per heavy atom. The SMILES string of the molecule is NCCc1nnc(-c2cc(F)cc(F)c2)o1. The number of rotatable bonds is 3. The summed E-state index contributed by atoms with van der Waals surface area (Å²) in [6.45, 7) is 0.374. The lowest BCUT2D eigenvalue weighted by Gasteiger charge is -1.95. The zero-order valence-electron chi connectivity index (χ0n) is 8.28. The van der Waals surface area contributed by atoms with E-state index in [1.807, 2.05) is 0 Å². The van der Waals surface area contributed by atoms with Crippen LogP contribution in [0.5, 0.6) is 0 Å². The number of nitrogens with zero attached hydrogens (tertiary/aromatic N) is 2. The highest BCUT2D eigenvalue weighted by Crippen LogP contribution is 2.20. The summed E-state index contributed by atoms with van der Waals surface area (Å²) in [5, 5.41) is 7.38. The van der Waals surface area contributed by atoms with E-state index in [9.17, 15) is 8.78 Å². The van der Waals surface area contributed by atoms with Gasteiger partial charge in [-0.15, -0.1) is 10.2 Å². The zero-order chi connectivity index (χ0) is 11.5. The molecule has 2 aromatic rings. The molecular weight excluding hydrogens is 216 g/mol. The predicted molar refractivity (Wildman–Crippen MR) is 52.4 cm³/mol. The highest BCUT2D eigenvalue weighted by atomic mass is 19.1. The van der Waals surface area contributed by atoms with Crippen LogP contribution in [0.3, 0.4) is 0 Å². The van der Waals surface area contributed by atoms with Crippen LogP contribution < -0.4 is 5.73 Å². The van der Waals surface area contributed by atoms with Crippen LogP contribution in [-0.4, -0.2) is 16.7 Å². The lowest BCUT2D eigenvalue weighted by Crippen LogP contribution is -2.02. The van der Waals surface area contributed by atoms with Crippen LogP contribution in [0.4, 0.5) is 8.78 Å². The van der Waals surface area contributed by atoms with Crippen molar-refractivity contribution in [2.45, 2.75) is 6.42 Å². The molecule has 4 nitrogen and oxygen atoms in total. The van der Waals surface area contributed by atoms with Gasteiger partial charge in [0.1, 0.15) is 11.6 Å². The summed E-state index contributed by atoms with van der Waals surface area (Å²) in [6.07, 6.45) is 0.435. The van der Waals surface area contributed by atoms with E-state index in [1.54, 1.807) is 0 Å². The molecule has 0 aliphatic heterocycles. The van der Waals surface area contributed by atoms with Gasteiger partial charge in [0.25, 0.3) is 0 Å². The van der Waals surface area contributed by atoms with Gasteiger partial charge < -0.3 is 10.2 Å². The Morgan fingerprint density at radius 2 is 1.81 bits per heavy atom. The third-order valence-corrected chi connectivity index (χ3v) is 1.93. The summed E-state index contributed by atoms with van der Waals surface area (Å²) in [4.78, 5) is 0. The number of hydrogen-bond donors (Lipinski definition) is 1. The molecule has 1 aromatic carbocycles. The number of hydrogen-bond acceptors (Lipinski definition) is 4. The van der Waals surface area contributed by atoms with Crippen LogP contribution in [0, 0.1) is 11.6 Å². The molecule has 0 amide bonds. The highest BCUT2D eigenvalue weighted by Gasteiger charge is 2.10. The summed E-state index contributed by atoms with van der Waals surface area (Å²) in [5.41, 5.74) is 5.52. The molecule has 0 spiro atoms. The minimum absolute atomic E-state index is 0.0850.